The fraction of sp³-hybridized carbons (Fsp3) is 0.357. The first-order valence-electron chi connectivity index (χ1n) is 6.52. The van der Waals surface area contributed by atoms with E-state index in [0.29, 0.717) is 10.6 Å². The van der Waals surface area contributed by atoms with E-state index in [-0.39, 0.29) is 11.9 Å². The van der Waals surface area contributed by atoms with E-state index >= 15 is 0 Å². The molecule has 2 heterocycles. The van der Waals surface area contributed by atoms with Gasteiger partial charge in [-0.1, -0.05) is 22.0 Å². The Kier molecular flexibility index (Phi) is 3.70. The Morgan fingerprint density at radius 3 is 3.00 bits per heavy atom. The summed E-state index contributed by atoms with van der Waals surface area (Å²) in [6.07, 6.45) is 0.997. The van der Waals surface area contributed by atoms with E-state index in [1.807, 2.05) is 18.2 Å². The van der Waals surface area contributed by atoms with Crippen LogP contribution in [-0.4, -0.2) is 37.0 Å². The van der Waals surface area contributed by atoms with Crippen molar-refractivity contribution in [3.63, 3.8) is 0 Å². The Bertz CT molecular complexity index is 670. The number of likely N-dealkylation sites (N-methyl/N-ethyl adjacent to an activating group) is 1. The molecule has 3 N–H and O–H groups in total. The molecule has 2 aromatic rings. The molecule has 0 aliphatic carbocycles. The van der Waals surface area contributed by atoms with Gasteiger partial charge < -0.3 is 16.0 Å². The van der Waals surface area contributed by atoms with E-state index in [1.54, 1.807) is 0 Å². The van der Waals surface area contributed by atoms with Crippen molar-refractivity contribution in [2.45, 2.75) is 12.5 Å². The number of anilines is 1. The highest BCUT2D eigenvalue weighted by molar-refractivity contribution is 9.10. The smallest absolute Gasteiger partial charge is 0.263 e. The molecular formula is C14H16BrN3OS. The van der Waals surface area contributed by atoms with E-state index in [4.69, 9.17) is 5.73 Å². The second-order valence-corrected chi connectivity index (χ2v) is 7.09. The third kappa shape index (κ3) is 2.43. The zero-order valence-corrected chi connectivity index (χ0v) is 13.6. The van der Waals surface area contributed by atoms with E-state index in [2.05, 4.69) is 33.2 Å². The maximum atomic E-state index is 12.4. The summed E-state index contributed by atoms with van der Waals surface area (Å²) >= 11 is 4.94. The first-order valence-corrected chi connectivity index (χ1v) is 8.13. The molecule has 1 unspecified atom stereocenters. The summed E-state index contributed by atoms with van der Waals surface area (Å²) in [5.74, 6) is -0.0594. The lowest BCUT2D eigenvalue weighted by atomic mass is 10.2. The number of halogens is 1. The van der Waals surface area contributed by atoms with Crippen LogP contribution >= 0.6 is 27.3 Å². The van der Waals surface area contributed by atoms with Gasteiger partial charge in [-0.25, -0.2) is 0 Å². The van der Waals surface area contributed by atoms with Crippen molar-refractivity contribution in [1.29, 1.82) is 0 Å². The van der Waals surface area contributed by atoms with Gasteiger partial charge in [0.1, 0.15) is 4.88 Å². The van der Waals surface area contributed by atoms with Gasteiger partial charge in [0, 0.05) is 27.1 Å². The van der Waals surface area contributed by atoms with E-state index in [0.717, 1.165) is 34.1 Å². The Morgan fingerprint density at radius 1 is 1.55 bits per heavy atom. The van der Waals surface area contributed by atoms with Crippen LogP contribution in [0.2, 0.25) is 0 Å². The van der Waals surface area contributed by atoms with E-state index in [1.165, 1.54) is 11.3 Å². The summed E-state index contributed by atoms with van der Waals surface area (Å²) in [7, 11) is 2.07. The number of fused-ring (bicyclic) bond motifs is 1. The molecule has 0 saturated carbocycles. The fourth-order valence-corrected chi connectivity index (χ4v) is 4.36. The Morgan fingerprint density at radius 2 is 2.35 bits per heavy atom. The number of likely N-dealkylation sites (tertiary alicyclic amines) is 1. The Balaban J connectivity index is 1.88. The topological polar surface area (TPSA) is 58.4 Å². The maximum Gasteiger partial charge on any atom is 0.263 e. The summed E-state index contributed by atoms with van der Waals surface area (Å²) in [4.78, 5) is 15.2. The SMILES string of the molecule is CN1CCC(NC(=O)c2sc3cccc(Br)c3c2N)C1. The number of carbonyl (C=O) groups is 1. The van der Waals surface area contributed by atoms with Crippen molar-refractivity contribution in [3.05, 3.63) is 27.5 Å². The van der Waals surface area contributed by atoms with Gasteiger partial charge >= 0.3 is 0 Å². The molecule has 1 saturated heterocycles. The standard InChI is InChI=1S/C14H16BrN3OS/c1-18-6-5-8(7-18)17-14(19)13-12(16)11-9(15)3-2-4-10(11)20-13/h2-4,8H,5-7,16H2,1H3,(H,17,19). The fourth-order valence-electron chi connectivity index (χ4n) is 2.60. The number of benzene rings is 1. The highest BCUT2D eigenvalue weighted by Gasteiger charge is 2.24. The predicted octanol–water partition coefficient (Wildman–Crippen LogP) is 2.68. The number of rotatable bonds is 2. The molecule has 1 amide bonds. The highest BCUT2D eigenvalue weighted by Crippen LogP contribution is 2.38. The van der Waals surface area contributed by atoms with Crippen LogP contribution < -0.4 is 11.1 Å². The molecule has 0 spiro atoms. The highest BCUT2D eigenvalue weighted by atomic mass is 79.9. The van der Waals surface area contributed by atoms with Crippen LogP contribution in [-0.2, 0) is 0 Å². The maximum absolute atomic E-state index is 12.4. The number of hydrogen-bond donors (Lipinski definition) is 2. The van der Waals surface area contributed by atoms with Gasteiger partial charge in [-0.05, 0) is 32.1 Å². The minimum absolute atomic E-state index is 0.0594. The van der Waals surface area contributed by atoms with Crippen molar-refractivity contribution in [1.82, 2.24) is 10.2 Å². The van der Waals surface area contributed by atoms with Gasteiger partial charge in [0.25, 0.3) is 5.91 Å². The van der Waals surface area contributed by atoms with Crippen molar-refractivity contribution in [2.75, 3.05) is 25.9 Å². The van der Waals surface area contributed by atoms with Crippen LogP contribution in [0.25, 0.3) is 10.1 Å². The molecule has 1 aromatic heterocycles. The third-order valence-electron chi connectivity index (χ3n) is 3.63. The molecule has 1 aliphatic rings. The molecule has 6 heteroatoms. The summed E-state index contributed by atoms with van der Waals surface area (Å²) in [6, 6.07) is 6.11. The quantitative estimate of drug-likeness (QED) is 0.872. The number of carbonyl (C=O) groups excluding carboxylic acids is 1. The monoisotopic (exact) mass is 353 g/mol. The first-order chi connectivity index (χ1) is 9.56. The molecule has 1 aromatic carbocycles. The lowest BCUT2D eigenvalue weighted by molar-refractivity contribution is 0.0943. The molecule has 1 atom stereocenters. The van der Waals surface area contributed by atoms with Crippen molar-refractivity contribution < 1.29 is 4.79 Å². The number of thiophene rings is 1. The molecule has 4 nitrogen and oxygen atoms in total. The van der Waals surface area contributed by atoms with Crippen molar-refractivity contribution >= 4 is 48.9 Å². The lowest BCUT2D eigenvalue weighted by Gasteiger charge is -2.12. The van der Waals surface area contributed by atoms with Gasteiger partial charge in [-0.2, -0.15) is 0 Å². The molecule has 3 rings (SSSR count). The summed E-state index contributed by atoms with van der Waals surface area (Å²) in [5, 5.41) is 4.02. The van der Waals surface area contributed by atoms with Crippen LogP contribution in [0.1, 0.15) is 16.1 Å². The Hall–Kier alpha value is -1.11. The number of nitrogens with two attached hydrogens (primary N) is 1. The summed E-state index contributed by atoms with van der Waals surface area (Å²) in [5.41, 5.74) is 6.72. The molecule has 20 heavy (non-hydrogen) atoms. The molecular weight excluding hydrogens is 338 g/mol. The second kappa shape index (κ2) is 5.35. The van der Waals surface area contributed by atoms with E-state index in [9.17, 15) is 4.79 Å². The zero-order chi connectivity index (χ0) is 14.3. The van der Waals surface area contributed by atoms with Gasteiger partial charge in [0.05, 0.1) is 5.69 Å². The average Bonchev–Trinajstić information content (AvgIpc) is 2.95. The molecule has 0 bridgehead atoms. The van der Waals surface area contributed by atoms with E-state index < -0.39 is 0 Å². The van der Waals surface area contributed by atoms with Gasteiger partial charge in [-0.15, -0.1) is 11.3 Å². The third-order valence-corrected chi connectivity index (χ3v) is 5.46. The minimum Gasteiger partial charge on any atom is -0.397 e. The first kappa shape index (κ1) is 13.9. The minimum atomic E-state index is -0.0594. The molecule has 0 radical (unpaired) electrons. The van der Waals surface area contributed by atoms with Crippen LogP contribution in [0, 0.1) is 0 Å². The summed E-state index contributed by atoms with van der Waals surface area (Å²) in [6.45, 7) is 1.93. The normalized spacial score (nSPS) is 19.6. The van der Waals surface area contributed by atoms with Crippen LogP contribution in [0.15, 0.2) is 22.7 Å². The molecule has 1 fully saturated rings. The van der Waals surface area contributed by atoms with Crippen molar-refractivity contribution in [2.24, 2.45) is 0 Å². The number of hydrogen-bond acceptors (Lipinski definition) is 4. The average molecular weight is 354 g/mol. The zero-order valence-electron chi connectivity index (χ0n) is 11.1. The van der Waals surface area contributed by atoms with Gasteiger partial charge in [0.15, 0.2) is 0 Å². The number of nitrogen functional groups attached to an aromatic ring is 1. The van der Waals surface area contributed by atoms with Crippen LogP contribution in [0.5, 0.6) is 0 Å². The van der Waals surface area contributed by atoms with Crippen molar-refractivity contribution in [3.8, 4) is 0 Å². The summed E-state index contributed by atoms with van der Waals surface area (Å²) < 4.78 is 1.97. The largest absolute Gasteiger partial charge is 0.397 e. The van der Waals surface area contributed by atoms with Gasteiger partial charge in [-0.3, -0.25) is 4.79 Å². The van der Waals surface area contributed by atoms with Crippen LogP contribution in [0.4, 0.5) is 5.69 Å². The predicted molar refractivity (Wildman–Crippen MR) is 87.3 cm³/mol. The Labute approximate surface area is 130 Å². The number of amides is 1. The molecule has 106 valence electrons. The molecule has 1 aliphatic heterocycles. The number of nitrogens with one attached hydrogen (secondary N) is 1. The van der Waals surface area contributed by atoms with Gasteiger partial charge in [0.2, 0.25) is 0 Å². The van der Waals surface area contributed by atoms with Crippen LogP contribution in [0.3, 0.4) is 0 Å². The second-order valence-electron chi connectivity index (χ2n) is 5.18. The lowest BCUT2D eigenvalue weighted by Crippen LogP contribution is -2.36. The number of nitrogens with zero attached hydrogens (tertiary/aromatic N) is 1.